The molecule has 62 heavy (non-hydrogen) atoms. The molecular weight excluding hydrogens is 849 g/mol. The van der Waals surface area contributed by atoms with Crippen LogP contribution in [0.4, 0.5) is 4.79 Å². The highest BCUT2D eigenvalue weighted by Gasteiger charge is 2.44. The summed E-state index contributed by atoms with van der Waals surface area (Å²) in [7, 11) is -4.28. The van der Waals surface area contributed by atoms with Crippen LogP contribution in [0.3, 0.4) is 0 Å². The summed E-state index contributed by atoms with van der Waals surface area (Å²) >= 11 is 1.53. The molecule has 340 valence electrons. The van der Waals surface area contributed by atoms with E-state index in [-0.39, 0.29) is 55.5 Å². The Bertz CT molecular complexity index is 2070. The van der Waals surface area contributed by atoms with Crippen LogP contribution >= 0.6 is 11.3 Å². The quantitative estimate of drug-likeness (QED) is 0.0462. The van der Waals surface area contributed by atoms with Gasteiger partial charge in [-0.15, -0.1) is 11.3 Å². The maximum atomic E-state index is 14.5. The summed E-state index contributed by atoms with van der Waals surface area (Å²) < 4.78 is 75.1. The van der Waals surface area contributed by atoms with Gasteiger partial charge in [-0.25, -0.2) is 28.4 Å². The van der Waals surface area contributed by atoms with E-state index in [0.717, 1.165) is 10.7 Å². The van der Waals surface area contributed by atoms with Gasteiger partial charge in [0.1, 0.15) is 30.6 Å². The zero-order chi connectivity index (χ0) is 44.2. The second-order valence-electron chi connectivity index (χ2n) is 15.6. The summed E-state index contributed by atoms with van der Waals surface area (Å²) in [6.07, 6.45) is -0.876. The van der Waals surface area contributed by atoms with Crippen LogP contribution in [0.25, 0.3) is 0 Å². The number of nitrogens with zero attached hydrogens (tertiary/aromatic N) is 2. The average molecular weight is 905 g/mol. The van der Waals surface area contributed by atoms with Crippen molar-refractivity contribution in [3.63, 3.8) is 0 Å². The molecule has 21 heteroatoms. The summed E-state index contributed by atoms with van der Waals surface area (Å²) in [5, 5.41) is 2.85. The molecule has 3 aromatic rings. The predicted octanol–water partition coefficient (Wildman–Crippen LogP) is 2.92. The molecule has 6 rings (SSSR count). The van der Waals surface area contributed by atoms with Crippen molar-refractivity contribution in [3.05, 3.63) is 64.1 Å². The van der Waals surface area contributed by atoms with Gasteiger partial charge in [0.2, 0.25) is 16.8 Å². The first-order chi connectivity index (χ1) is 29.8. The van der Waals surface area contributed by atoms with Crippen molar-refractivity contribution >= 4 is 39.4 Å². The third-order valence-corrected chi connectivity index (χ3v) is 13.0. The highest BCUT2D eigenvalue weighted by Crippen LogP contribution is 2.35. The van der Waals surface area contributed by atoms with Gasteiger partial charge in [0.25, 0.3) is 0 Å². The molecule has 0 spiro atoms. The van der Waals surface area contributed by atoms with E-state index in [0.29, 0.717) is 55.9 Å². The van der Waals surface area contributed by atoms with Crippen LogP contribution in [0, 0.1) is 18.8 Å². The Labute approximate surface area is 365 Å². The number of carbonyl (C=O) groups is 3. The van der Waals surface area contributed by atoms with Gasteiger partial charge in [-0.3, -0.25) is 10.2 Å². The minimum absolute atomic E-state index is 0.0104. The lowest BCUT2D eigenvalue weighted by atomic mass is 10.0. The molecule has 6 N–H and O–H groups in total. The number of carbonyl (C=O) groups excluding carboxylic acids is 3. The third-order valence-electron chi connectivity index (χ3n) is 10.3. The van der Waals surface area contributed by atoms with E-state index in [2.05, 4.69) is 15.8 Å². The number of benzene rings is 2. The smallest absolute Gasteiger partial charge is 0.421 e. The number of ether oxygens (including phenoxy) is 8. The SMILES string of the molecule is Cc1nc(COc2ccc(C[C@H](NNC(=O)O[C@H]3CO[C@H]4OCC[C@H]43)[C@@H](CN(CC(C)C)S(=O)(=O)c3ccc4c(c3)OCO4)OC(=O)COC(=O)[C@@H](N)CCCCN)cc2)cs1. The predicted molar refractivity (Wildman–Crippen MR) is 223 cm³/mol. The number of aryl methyl sites for hydroxylation is 1. The first-order valence-electron chi connectivity index (χ1n) is 20.6. The topological polar surface area (TPSA) is 251 Å². The van der Waals surface area contributed by atoms with Gasteiger partial charge in [0.15, 0.2) is 24.4 Å². The zero-order valence-electron chi connectivity index (χ0n) is 35.0. The fourth-order valence-corrected chi connectivity index (χ4v) is 9.36. The van der Waals surface area contributed by atoms with E-state index < -0.39 is 71.8 Å². The monoisotopic (exact) mass is 904 g/mol. The number of hydrogen-bond donors (Lipinski definition) is 4. The third kappa shape index (κ3) is 13.0. The number of esters is 2. The summed E-state index contributed by atoms with van der Waals surface area (Å²) in [5.74, 6) is -0.865. The number of aromatic nitrogens is 1. The fraction of sp³-hybridized carbons (Fsp3) is 0.561. The zero-order valence-corrected chi connectivity index (χ0v) is 36.7. The van der Waals surface area contributed by atoms with Crippen LogP contribution in [0.5, 0.6) is 17.2 Å². The molecule has 6 atom stereocenters. The number of amides is 1. The summed E-state index contributed by atoms with van der Waals surface area (Å²) in [6, 6.07) is 9.43. The summed E-state index contributed by atoms with van der Waals surface area (Å²) in [6.45, 7) is 5.70. The molecule has 1 amide bonds. The first kappa shape index (κ1) is 46.9. The van der Waals surface area contributed by atoms with E-state index in [1.165, 1.54) is 33.8 Å². The second-order valence-corrected chi connectivity index (χ2v) is 18.6. The molecular formula is C41H56N6O13S2. The van der Waals surface area contributed by atoms with Crippen molar-refractivity contribution in [2.45, 2.75) is 95.0 Å². The van der Waals surface area contributed by atoms with Crippen LogP contribution in [0.2, 0.25) is 0 Å². The Kier molecular flexibility index (Phi) is 16.7. The number of fused-ring (bicyclic) bond motifs is 2. The van der Waals surface area contributed by atoms with Crippen molar-refractivity contribution in [2.75, 3.05) is 46.2 Å². The lowest BCUT2D eigenvalue weighted by Crippen LogP contribution is -2.56. The molecule has 1 aromatic heterocycles. The Morgan fingerprint density at radius 2 is 1.84 bits per heavy atom. The Hall–Kier alpha value is -4.61. The largest absolute Gasteiger partial charge is 0.487 e. The minimum Gasteiger partial charge on any atom is -0.487 e. The van der Waals surface area contributed by atoms with Crippen LogP contribution < -0.4 is 36.5 Å². The number of nitrogens with one attached hydrogen (secondary N) is 2. The molecule has 0 bridgehead atoms. The fourth-order valence-electron chi connectivity index (χ4n) is 7.13. The number of sulfonamides is 1. The van der Waals surface area contributed by atoms with E-state index in [9.17, 15) is 22.8 Å². The molecule has 19 nitrogen and oxygen atoms in total. The van der Waals surface area contributed by atoms with Crippen molar-refractivity contribution in [1.82, 2.24) is 20.1 Å². The maximum Gasteiger partial charge on any atom is 0.421 e. The minimum atomic E-state index is -4.28. The van der Waals surface area contributed by atoms with Gasteiger partial charge in [0, 0.05) is 18.0 Å². The lowest BCUT2D eigenvalue weighted by molar-refractivity contribution is -0.164. The number of unbranched alkanes of at least 4 members (excludes halogenated alkanes) is 1. The summed E-state index contributed by atoms with van der Waals surface area (Å²) in [5.41, 5.74) is 18.6. The van der Waals surface area contributed by atoms with Gasteiger partial charge in [-0.2, -0.15) is 4.31 Å². The van der Waals surface area contributed by atoms with E-state index in [1.807, 2.05) is 26.2 Å². The normalized spacial score (nSPS) is 19.5. The van der Waals surface area contributed by atoms with Crippen molar-refractivity contribution < 1.29 is 60.7 Å². The van der Waals surface area contributed by atoms with Crippen LogP contribution in [0.1, 0.15) is 55.8 Å². The average Bonchev–Trinajstić information content (AvgIpc) is 4.07. The van der Waals surface area contributed by atoms with Gasteiger partial charge in [-0.1, -0.05) is 32.4 Å². The molecule has 2 aromatic carbocycles. The molecule has 4 heterocycles. The van der Waals surface area contributed by atoms with Gasteiger partial charge >= 0.3 is 18.0 Å². The molecule has 0 unspecified atom stereocenters. The Balaban J connectivity index is 1.26. The number of hydrazine groups is 1. The highest BCUT2D eigenvalue weighted by atomic mass is 32.2. The van der Waals surface area contributed by atoms with Crippen LogP contribution in [-0.4, -0.2) is 113 Å². The molecule has 0 saturated carbocycles. The number of hydrogen-bond acceptors (Lipinski definition) is 18. The molecule has 2 saturated heterocycles. The van der Waals surface area contributed by atoms with Crippen molar-refractivity contribution in [3.8, 4) is 17.2 Å². The highest BCUT2D eigenvalue weighted by molar-refractivity contribution is 7.89. The maximum absolute atomic E-state index is 14.5. The molecule has 2 fully saturated rings. The lowest BCUT2D eigenvalue weighted by Gasteiger charge is -2.33. The number of rotatable bonds is 23. The Morgan fingerprint density at radius 3 is 2.58 bits per heavy atom. The molecule has 0 aliphatic carbocycles. The van der Waals surface area contributed by atoms with E-state index in [1.54, 1.807) is 24.3 Å². The van der Waals surface area contributed by atoms with Crippen molar-refractivity contribution in [2.24, 2.45) is 23.3 Å². The molecule has 0 radical (unpaired) electrons. The second kappa shape index (κ2) is 22.1. The summed E-state index contributed by atoms with van der Waals surface area (Å²) in [4.78, 5) is 44.0. The van der Waals surface area contributed by atoms with Crippen LogP contribution in [0.15, 0.2) is 52.7 Å². The Morgan fingerprint density at radius 1 is 1.05 bits per heavy atom. The number of nitrogens with two attached hydrogens (primary N) is 2. The van der Waals surface area contributed by atoms with Gasteiger partial charge in [-0.05, 0) is 74.9 Å². The first-order valence-corrected chi connectivity index (χ1v) is 22.9. The van der Waals surface area contributed by atoms with E-state index in [4.69, 9.17) is 49.4 Å². The van der Waals surface area contributed by atoms with Gasteiger partial charge in [0.05, 0.1) is 47.3 Å². The molecule has 3 aliphatic heterocycles. The number of thiazole rings is 1. The standard InChI is InChI=1S/C41H56N6O13S2/c1-25(2)18-47(62(51,52)30-11-12-34-35(17-30)58-24-57-34)19-36(59-38(48)22-55-39(49)32(43)6-4-5-14-42)33(45-46-41(50)60-37-21-56-40-31(37)13-15-53-40)16-27-7-9-29(10-8-27)54-20-28-23-61-26(3)44-28/h7-12,17,23,25,31-33,36-37,40,45H,4-6,13-16,18-22,24,42-43H2,1-3H3,(H,46,50)/t31-,32-,33-,36+,37-,40+/m0/s1. The molecule has 3 aliphatic rings. The van der Waals surface area contributed by atoms with E-state index >= 15 is 0 Å². The van der Waals surface area contributed by atoms with Crippen LogP contribution in [-0.2, 0) is 56.3 Å². The van der Waals surface area contributed by atoms with Gasteiger partial charge < -0.3 is 49.4 Å². The van der Waals surface area contributed by atoms with Crippen molar-refractivity contribution in [1.29, 1.82) is 0 Å².